The monoisotopic (exact) mass is 190 g/mol. The first-order valence-corrected chi connectivity index (χ1v) is 3.83. The van der Waals surface area contributed by atoms with E-state index < -0.39 is 5.97 Å². The molecule has 2 rings (SSSR count). The number of hydrogen-bond donors (Lipinski definition) is 1. The molecule has 2 aromatic rings. The van der Waals surface area contributed by atoms with Crippen molar-refractivity contribution < 1.29 is 9.90 Å². The van der Waals surface area contributed by atoms with Gasteiger partial charge in [0.1, 0.15) is 0 Å². The van der Waals surface area contributed by atoms with Gasteiger partial charge in [0.25, 0.3) is 0 Å². The van der Waals surface area contributed by atoms with Gasteiger partial charge in [0.2, 0.25) is 0 Å². The Bertz CT molecular complexity index is 451. The van der Waals surface area contributed by atoms with E-state index in [9.17, 15) is 4.79 Å². The highest BCUT2D eigenvalue weighted by atomic mass is 16.4. The van der Waals surface area contributed by atoms with Gasteiger partial charge in [-0.1, -0.05) is 0 Å². The van der Waals surface area contributed by atoms with E-state index in [1.54, 1.807) is 12.3 Å². The highest BCUT2D eigenvalue weighted by molar-refractivity contribution is 5.85. The lowest BCUT2D eigenvalue weighted by Gasteiger charge is -1.97. The molecule has 14 heavy (non-hydrogen) atoms. The molecular formula is C8H6N4O2. The third kappa shape index (κ3) is 1.45. The SMILES string of the molecule is O=C(O)c1ccn(-c2ccnnc2)n1. The van der Waals surface area contributed by atoms with Crippen molar-refractivity contribution in [2.75, 3.05) is 0 Å². The molecule has 0 fully saturated rings. The maximum absolute atomic E-state index is 10.5. The van der Waals surface area contributed by atoms with E-state index in [1.165, 1.54) is 23.1 Å². The van der Waals surface area contributed by atoms with Crippen LogP contribution in [0.25, 0.3) is 5.69 Å². The molecule has 0 radical (unpaired) electrons. The smallest absolute Gasteiger partial charge is 0.356 e. The number of carbonyl (C=O) groups is 1. The standard InChI is InChI=1S/C8H6N4O2/c13-8(14)7-2-4-12(11-7)6-1-3-9-10-5-6/h1-5H,(H,13,14). The van der Waals surface area contributed by atoms with Gasteiger partial charge >= 0.3 is 5.97 Å². The molecule has 70 valence electrons. The predicted octanol–water partition coefficient (Wildman–Crippen LogP) is 0.360. The Labute approximate surface area is 78.8 Å². The Morgan fingerprint density at radius 2 is 2.21 bits per heavy atom. The average molecular weight is 190 g/mol. The molecule has 2 aromatic heterocycles. The van der Waals surface area contributed by atoms with E-state index in [4.69, 9.17) is 5.11 Å². The number of nitrogens with zero attached hydrogens (tertiary/aromatic N) is 4. The lowest BCUT2D eigenvalue weighted by Crippen LogP contribution is -2.01. The van der Waals surface area contributed by atoms with Crippen molar-refractivity contribution in [3.05, 3.63) is 36.4 Å². The number of aromatic nitrogens is 4. The summed E-state index contributed by atoms with van der Waals surface area (Å²) in [5, 5.41) is 19.7. The van der Waals surface area contributed by atoms with Crippen LogP contribution in [0.2, 0.25) is 0 Å². The maximum atomic E-state index is 10.5. The Morgan fingerprint density at radius 3 is 2.79 bits per heavy atom. The normalized spacial score (nSPS) is 10.0. The Morgan fingerprint density at radius 1 is 1.36 bits per heavy atom. The van der Waals surface area contributed by atoms with Crippen molar-refractivity contribution in [1.29, 1.82) is 0 Å². The molecule has 0 aliphatic heterocycles. The van der Waals surface area contributed by atoms with Crippen molar-refractivity contribution in [3.63, 3.8) is 0 Å². The van der Waals surface area contributed by atoms with E-state index in [-0.39, 0.29) is 5.69 Å². The fourth-order valence-corrected chi connectivity index (χ4v) is 1.00. The van der Waals surface area contributed by atoms with Crippen molar-refractivity contribution in [3.8, 4) is 5.69 Å². The van der Waals surface area contributed by atoms with Crippen LogP contribution in [0, 0.1) is 0 Å². The van der Waals surface area contributed by atoms with Gasteiger partial charge in [-0.3, -0.25) is 0 Å². The number of carboxylic acids is 1. The van der Waals surface area contributed by atoms with Gasteiger partial charge < -0.3 is 5.11 Å². The molecule has 0 bridgehead atoms. The molecule has 0 atom stereocenters. The van der Waals surface area contributed by atoms with Gasteiger partial charge in [0.15, 0.2) is 5.69 Å². The van der Waals surface area contributed by atoms with Crippen molar-refractivity contribution in [1.82, 2.24) is 20.0 Å². The Kier molecular flexibility index (Phi) is 1.94. The number of aromatic carboxylic acids is 1. The number of rotatable bonds is 2. The summed E-state index contributed by atoms with van der Waals surface area (Å²) >= 11 is 0. The second-order valence-electron chi connectivity index (χ2n) is 2.55. The van der Waals surface area contributed by atoms with Crippen LogP contribution in [-0.4, -0.2) is 31.1 Å². The first-order valence-electron chi connectivity index (χ1n) is 3.83. The topological polar surface area (TPSA) is 80.9 Å². The minimum Gasteiger partial charge on any atom is -0.476 e. The Hall–Kier alpha value is -2.24. The van der Waals surface area contributed by atoms with E-state index in [0.29, 0.717) is 5.69 Å². The van der Waals surface area contributed by atoms with E-state index >= 15 is 0 Å². The van der Waals surface area contributed by atoms with E-state index in [0.717, 1.165) is 0 Å². The summed E-state index contributed by atoms with van der Waals surface area (Å²) in [4.78, 5) is 10.5. The molecular weight excluding hydrogens is 184 g/mol. The second kappa shape index (κ2) is 3.25. The van der Waals surface area contributed by atoms with Crippen LogP contribution < -0.4 is 0 Å². The van der Waals surface area contributed by atoms with Crippen LogP contribution in [0.3, 0.4) is 0 Å². The van der Waals surface area contributed by atoms with Crippen LogP contribution in [0.4, 0.5) is 0 Å². The number of carboxylic acid groups (broad SMARTS) is 1. The zero-order valence-corrected chi connectivity index (χ0v) is 7.03. The van der Waals surface area contributed by atoms with Crippen LogP contribution in [0.15, 0.2) is 30.7 Å². The molecule has 0 amide bonds. The molecule has 0 aliphatic carbocycles. The summed E-state index contributed by atoms with van der Waals surface area (Å²) in [6.45, 7) is 0. The quantitative estimate of drug-likeness (QED) is 0.739. The largest absolute Gasteiger partial charge is 0.476 e. The minimum atomic E-state index is -1.05. The van der Waals surface area contributed by atoms with Gasteiger partial charge in [0.05, 0.1) is 18.1 Å². The minimum absolute atomic E-state index is 0.00168. The highest BCUT2D eigenvalue weighted by Crippen LogP contribution is 2.04. The van der Waals surface area contributed by atoms with E-state index in [1.807, 2.05) is 0 Å². The third-order valence-corrected chi connectivity index (χ3v) is 1.64. The van der Waals surface area contributed by atoms with Gasteiger partial charge in [-0.05, 0) is 12.1 Å². The van der Waals surface area contributed by atoms with Gasteiger partial charge in [-0.25, -0.2) is 9.48 Å². The average Bonchev–Trinajstić information content (AvgIpc) is 2.68. The zero-order chi connectivity index (χ0) is 9.97. The zero-order valence-electron chi connectivity index (χ0n) is 7.03. The molecule has 0 saturated heterocycles. The van der Waals surface area contributed by atoms with Crippen molar-refractivity contribution >= 4 is 5.97 Å². The molecule has 2 heterocycles. The molecule has 6 nitrogen and oxygen atoms in total. The molecule has 0 unspecified atom stereocenters. The number of hydrogen-bond acceptors (Lipinski definition) is 4. The van der Waals surface area contributed by atoms with Crippen LogP contribution in [0.1, 0.15) is 10.5 Å². The first kappa shape index (κ1) is 8.36. The second-order valence-corrected chi connectivity index (χ2v) is 2.55. The van der Waals surface area contributed by atoms with Gasteiger partial charge in [-0.15, -0.1) is 0 Å². The summed E-state index contributed by atoms with van der Waals surface area (Å²) in [6, 6.07) is 3.11. The van der Waals surface area contributed by atoms with E-state index in [2.05, 4.69) is 15.3 Å². The van der Waals surface area contributed by atoms with Gasteiger partial charge in [0, 0.05) is 6.20 Å². The summed E-state index contributed by atoms with van der Waals surface area (Å²) < 4.78 is 1.43. The fraction of sp³-hybridized carbons (Fsp3) is 0. The summed E-state index contributed by atoms with van der Waals surface area (Å²) in [5.74, 6) is -1.05. The van der Waals surface area contributed by atoms with Crippen LogP contribution in [-0.2, 0) is 0 Å². The fourth-order valence-electron chi connectivity index (χ4n) is 1.00. The Balaban J connectivity index is 2.39. The van der Waals surface area contributed by atoms with Gasteiger partial charge in [-0.2, -0.15) is 15.3 Å². The molecule has 0 spiro atoms. The molecule has 0 aromatic carbocycles. The lowest BCUT2D eigenvalue weighted by molar-refractivity contribution is 0.0690. The summed E-state index contributed by atoms with van der Waals surface area (Å²) in [7, 11) is 0. The molecule has 1 N–H and O–H groups in total. The highest BCUT2D eigenvalue weighted by Gasteiger charge is 2.07. The summed E-state index contributed by atoms with van der Waals surface area (Å²) in [5.41, 5.74) is 0.675. The third-order valence-electron chi connectivity index (χ3n) is 1.64. The maximum Gasteiger partial charge on any atom is 0.356 e. The van der Waals surface area contributed by atoms with Crippen LogP contribution >= 0.6 is 0 Å². The lowest BCUT2D eigenvalue weighted by atomic mass is 10.4. The predicted molar refractivity (Wildman–Crippen MR) is 46.1 cm³/mol. The molecule has 6 heteroatoms. The van der Waals surface area contributed by atoms with Crippen molar-refractivity contribution in [2.45, 2.75) is 0 Å². The molecule has 0 aliphatic rings. The molecule has 0 saturated carbocycles. The van der Waals surface area contributed by atoms with Crippen LogP contribution in [0.5, 0.6) is 0 Å². The summed E-state index contributed by atoms with van der Waals surface area (Å²) in [6.07, 6.45) is 4.57. The van der Waals surface area contributed by atoms with Crippen molar-refractivity contribution in [2.24, 2.45) is 0 Å². The first-order chi connectivity index (χ1) is 6.77.